The van der Waals surface area contributed by atoms with Gasteiger partial charge in [0.15, 0.2) is 0 Å². The minimum atomic E-state index is -2.16. The molecule has 0 radical (unpaired) electrons. The molecular weight excluding hydrogens is 164 g/mol. The third-order valence-corrected chi connectivity index (χ3v) is 1.48. The lowest BCUT2D eigenvalue weighted by atomic mass is 10.2. The SMILES string of the molecule is CCCCCC=COS(=O)O. The summed E-state index contributed by atoms with van der Waals surface area (Å²) in [5.74, 6) is 0. The van der Waals surface area contributed by atoms with Gasteiger partial charge >= 0.3 is 11.4 Å². The van der Waals surface area contributed by atoms with Crippen LogP contribution in [0.25, 0.3) is 0 Å². The van der Waals surface area contributed by atoms with E-state index in [1.165, 1.54) is 19.1 Å². The second-order valence-electron chi connectivity index (χ2n) is 2.18. The third kappa shape index (κ3) is 9.65. The van der Waals surface area contributed by atoms with E-state index in [2.05, 4.69) is 11.1 Å². The number of allylic oxidation sites excluding steroid dienone is 1. The molecular formula is C7H14O3S. The Morgan fingerprint density at radius 1 is 1.55 bits per heavy atom. The molecule has 0 bridgehead atoms. The molecule has 3 nitrogen and oxygen atoms in total. The molecule has 4 heteroatoms. The molecule has 1 atom stereocenters. The van der Waals surface area contributed by atoms with Gasteiger partial charge in [-0.25, -0.2) is 0 Å². The monoisotopic (exact) mass is 178 g/mol. The van der Waals surface area contributed by atoms with Crippen LogP contribution >= 0.6 is 0 Å². The molecule has 66 valence electrons. The molecule has 0 aromatic carbocycles. The summed E-state index contributed by atoms with van der Waals surface area (Å²) in [4.78, 5) is 0. The number of hydrogen-bond donors (Lipinski definition) is 1. The number of unbranched alkanes of at least 4 members (excludes halogenated alkanes) is 3. The van der Waals surface area contributed by atoms with E-state index in [0.717, 1.165) is 12.8 Å². The summed E-state index contributed by atoms with van der Waals surface area (Å²) in [6.07, 6.45) is 7.40. The highest BCUT2D eigenvalue weighted by Gasteiger charge is 1.85. The largest absolute Gasteiger partial charge is 0.388 e. The minimum absolute atomic E-state index is 0.908. The zero-order valence-corrected chi connectivity index (χ0v) is 7.47. The molecule has 0 saturated carbocycles. The van der Waals surface area contributed by atoms with Gasteiger partial charge in [0.1, 0.15) is 6.26 Å². The van der Waals surface area contributed by atoms with Crippen molar-refractivity contribution in [1.82, 2.24) is 0 Å². The predicted molar refractivity (Wildman–Crippen MR) is 45.1 cm³/mol. The van der Waals surface area contributed by atoms with Gasteiger partial charge < -0.3 is 4.18 Å². The van der Waals surface area contributed by atoms with E-state index in [1.54, 1.807) is 6.08 Å². The summed E-state index contributed by atoms with van der Waals surface area (Å²) in [5.41, 5.74) is 0. The molecule has 0 aliphatic heterocycles. The normalized spacial score (nSPS) is 13.6. The summed E-state index contributed by atoms with van der Waals surface area (Å²) in [6.45, 7) is 2.13. The van der Waals surface area contributed by atoms with Crippen molar-refractivity contribution in [1.29, 1.82) is 0 Å². The van der Waals surface area contributed by atoms with Crippen LogP contribution in [-0.2, 0) is 15.5 Å². The maximum absolute atomic E-state index is 9.93. The van der Waals surface area contributed by atoms with Crippen LogP contribution in [0.5, 0.6) is 0 Å². The first kappa shape index (κ1) is 10.7. The van der Waals surface area contributed by atoms with E-state index in [9.17, 15) is 4.21 Å². The van der Waals surface area contributed by atoms with Crippen LogP contribution < -0.4 is 0 Å². The van der Waals surface area contributed by atoms with Gasteiger partial charge in [-0.15, -0.1) is 0 Å². The Kier molecular flexibility index (Phi) is 7.51. The van der Waals surface area contributed by atoms with E-state index in [-0.39, 0.29) is 0 Å². The second-order valence-corrected chi connectivity index (χ2v) is 2.81. The van der Waals surface area contributed by atoms with Crippen LogP contribution in [-0.4, -0.2) is 8.76 Å². The van der Waals surface area contributed by atoms with Crippen LogP contribution in [0.1, 0.15) is 32.6 Å². The molecule has 0 rings (SSSR count). The maximum atomic E-state index is 9.93. The van der Waals surface area contributed by atoms with E-state index >= 15 is 0 Å². The Morgan fingerprint density at radius 2 is 2.27 bits per heavy atom. The van der Waals surface area contributed by atoms with E-state index in [0.29, 0.717) is 0 Å². The van der Waals surface area contributed by atoms with Crippen LogP contribution in [0.2, 0.25) is 0 Å². The number of hydrogen-bond acceptors (Lipinski definition) is 2. The van der Waals surface area contributed by atoms with E-state index < -0.39 is 11.4 Å². The van der Waals surface area contributed by atoms with Crippen molar-refractivity contribution in [3.63, 3.8) is 0 Å². The van der Waals surface area contributed by atoms with Crippen molar-refractivity contribution in [3.8, 4) is 0 Å². The molecule has 0 amide bonds. The summed E-state index contributed by atoms with van der Waals surface area (Å²) in [7, 11) is 0. The van der Waals surface area contributed by atoms with Gasteiger partial charge in [-0.2, -0.15) is 4.21 Å². The molecule has 0 aromatic rings. The molecule has 0 aromatic heterocycles. The summed E-state index contributed by atoms with van der Waals surface area (Å²) >= 11 is -2.16. The molecule has 1 N–H and O–H groups in total. The van der Waals surface area contributed by atoms with Crippen LogP contribution in [0.4, 0.5) is 0 Å². The molecule has 0 aliphatic carbocycles. The van der Waals surface area contributed by atoms with Crippen molar-refractivity contribution >= 4 is 11.4 Å². The Hall–Kier alpha value is -0.350. The van der Waals surface area contributed by atoms with Crippen LogP contribution in [0, 0.1) is 0 Å². The third-order valence-electron chi connectivity index (χ3n) is 1.21. The van der Waals surface area contributed by atoms with Gasteiger partial charge in [0.05, 0.1) is 0 Å². The van der Waals surface area contributed by atoms with Gasteiger partial charge in [-0.3, -0.25) is 4.55 Å². The highest BCUT2D eigenvalue weighted by atomic mass is 32.2. The molecule has 0 aliphatic rings. The molecule has 0 saturated heterocycles. The van der Waals surface area contributed by atoms with Crippen molar-refractivity contribution in [3.05, 3.63) is 12.3 Å². The zero-order chi connectivity index (χ0) is 8.53. The summed E-state index contributed by atoms with van der Waals surface area (Å²) in [6, 6.07) is 0. The topological polar surface area (TPSA) is 46.5 Å². The Morgan fingerprint density at radius 3 is 2.82 bits per heavy atom. The number of rotatable bonds is 6. The Balaban J connectivity index is 3.10. The second kappa shape index (κ2) is 7.75. The first-order valence-electron chi connectivity index (χ1n) is 3.70. The fraction of sp³-hybridized carbons (Fsp3) is 0.714. The average molecular weight is 178 g/mol. The Bertz CT molecular complexity index is 134. The van der Waals surface area contributed by atoms with Gasteiger partial charge in [0, 0.05) is 0 Å². The molecule has 0 fully saturated rings. The van der Waals surface area contributed by atoms with Gasteiger partial charge in [0.25, 0.3) is 0 Å². The Labute approximate surface area is 69.9 Å². The van der Waals surface area contributed by atoms with Crippen LogP contribution in [0.15, 0.2) is 12.3 Å². The lowest BCUT2D eigenvalue weighted by Crippen LogP contribution is -1.85. The zero-order valence-electron chi connectivity index (χ0n) is 6.66. The first-order valence-corrected chi connectivity index (χ1v) is 4.73. The first-order chi connectivity index (χ1) is 5.27. The van der Waals surface area contributed by atoms with Crippen molar-refractivity contribution in [2.75, 3.05) is 0 Å². The maximum Gasteiger partial charge on any atom is 0.356 e. The van der Waals surface area contributed by atoms with Crippen molar-refractivity contribution in [2.45, 2.75) is 32.6 Å². The quantitative estimate of drug-likeness (QED) is 0.385. The predicted octanol–water partition coefficient (Wildman–Crippen LogP) is 2.23. The highest BCUT2D eigenvalue weighted by Crippen LogP contribution is 1.99. The lowest BCUT2D eigenvalue weighted by Gasteiger charge is -1.91. The van der Waals surface area contributed by atoms with Crippen molar-refractivity contribution in [2.24, 2.45) is 0 Å². The molecule has 0 spiro atoms. The lowest BCUT2D eigenvalue weighted by molar-refractivity contribution is 0.418. The summed E-state index contributed by atoms with van der Waals surface area (Å²) < 4.78 is 22.3. The fourth-order valence-electron chi connectivity index (χ4n) is 0.667. The van der Waals surface area contributed by atoms with Crippen LogP contribution in [0.3, 0.4) is 0 Å². The molecule has 0 heterocycles. The fourth-order valence-corrected chi connectivity index (χ4v) is 0.841. The minimum Gasteiger partial charge on any atom is -0.388 e. The van der Waals surface area contributed by atoms with Gasteiger partial charge in [-0.05, 0) is 18.9 Å². The molecule has 11 heavy (non-hydrogen) atoms. The standard InChI is InChI=1S/C7H14O3S/c1-2-3-4-5-6-7-10-11(8)9/h6-7H,2-5H2,1H3,(H,8,9). The van der Waals surface area contributed by atoms with Gasteiger partial charge in [-0.1, -0.05) is 19.8 Å². The summed E-state index contributed by atoms with van der Waals surface area (Å²) in [5, 5.41) is 0. The van der Waals surface area contributed by atoms with Crippen molar-refractivity contribution < 1.29 is 12.9 Å². The molecule has 1 unspecified atom stereocenters. The average Bonchev–Trinajstić information content (AvgIpc) is 1.96. The smallest absolute Gasteiger partial charge is 0.356 e. The van der Waals surface area contributed by atoms with Gasteiger partial charge in [0.2, 0.25) is 0 Å². The van der Waals surface area contributed by atoms with E-state index in [4.69, 9.17) is 4.55 Å². The highest BCUT2D eigenvalue weighted by molar-refractivity contribution is 7.74. The van der Waals surface area contributed by atoms with E-state index in [1.807, 2.05) is 0 Å².